The fourth-order valence-electron chi connectivity index (χ4n) is 2.45. The van der Waals surface area contributed by atoms with Crippen LogP contribution < -0.4 is 15.0 Å². The van der Waals surface area contributed by atoms with Crippen LogP contribution in [0.5, 0.6) is 5.75 Å². The summed E-state index contributed by atoms with van der Waals surface area (Å²) in [5.41, 5.74) is 1.40. The van der Waals surface area contributed by atoms with Crippen LogP contribution in [0.3, 0.4) is 0 Å². The molecule has 2 N–H and O–H groups in total. The number of nitrogens with zero attached hydrogens (tertiary/aromatic N) is 1. The van der Waals surface area contributed by atoms with Gasteiger partial charge in [0.2, 0.25) is 5.91 Å². The third kappa shape index (κ3) is 4.04. The molecule has 0 aliphatic carbocycles. The van der Waals surface area contributed by atoms with Crippen LogP contribution >= 0.6 is 0 Å². The van der Waals surface area contributed by atoms with Crippen LogP contribution in [0.25, 0.3) is 0 Å². The van der Waals surface area contributed by atoms with Crippen molar-refractivity contribution in [2.75, 3.05) is 11.4 Å². The van der Waals surface area contributed by atoms with Crippen molar-refractivity contribution in [2.24, 2.45) is 0 Å². The monoisotopic (exact) mass is 334 g/mol. The molecule has 0 fully saturated rings. The molecule has 0 aromatic heterocycles. The first-order valence-corrected chi connectivity index (χ1v) is 7.91. The number of hydrogen-bond acceptors (Lipinski definition) is 4. The molecule has 0 spiro atoms. The van der Waals surface area contributed by atoms with Crippen molar-refractivity contribution in [3.8, 4) is 5.75 Å². The van der Waals surface area contributed by atoms with Crippen molar-refractivity contribution >= 4 is 23.5 Å². The number of carbonyl (C=O) groups excluding carboxylic acids is 2. The van der Waals surface area contributed by atoms with Gasteiger partial charge in [0, 0.05) is 6.04 Å². The molecule has 2 amide bonds. The summed E-state index contributed by atoms with van der Waals surface area (Å²) in [6.07, 6.45) is -0.802. The van der Waals surface area contributed by atoms with E-state index in [1.54, 1.807) is 12.1 Å². The number of benzene rings is 1. The Bertz CT molecular complexity index is 658. The lowest BCUT2D eigenvalue weighted by Crippen LogP contribution is -2.51. The maximum atomic E-state index is 12.6. The Balaban J connectivity index is 2.28. The van der Waals surface area contributed by atoms with Gasteiger partial charge >= 0.3 is 5.97 Å². The fourth-order valence-corrected chi connectivity index (χ4v) is 2.45. The van der Waals surface area contributed by atoms with Gasteiger partial charge in [-0.05, 0) is 38.0 Å². The lowest BCUT2D eigenvalue weighted by molar-refractivity contribution is -0.142. The minimum absolute atomic E-state index is 0.000877. The molecule has 1 aromatic carbocycles. The summed E-state index contributed by atoms with van der Waals surface area (Å²) >= 11 is 0. The number of carbonyl (C=O) groups is 3. The molecule has 2 rings (SSSR count). The molecule has 1 aliphatic rings. The Morgan fingerprint density at radius 3 is 2.75 bits per heavy atom. The zero-order valence-electron chi connectivity index (χ0n) is 14.0. The smallest absolute Gasteiger partial charge is 0.307 e. The van der Waals surface area contributed by atoms with E-state index in [1.807, 2.05) is 26.8 Å². The maximum Gasteiger partial charge on any atom is 0.307 e. The number of carboxylic acids is 1. The highest BCUT2D eigenvalue weighted by molar-refractivity contribution is 6.05. The Kier molecular flexibility index (Phi) is 5.43. The molecular weight excluding hydrogens is 312 g/mol. The van der Waals surface area contributed by atoms with Crippen molar-refractivity contribution in [3.63, 3.8) is 0 Å². The lowest BCUT2D eigenvalue weighted by atomic mass is 10.1. The van der Waals surface area contributed by atoms with Crippen LogP contribution in [-0.4, -0.2) is 41.6 Å². The highest BCUT2D eigenvalue weighted by Gasteiger charge is 2.36. The summed E-state index contributed by atoms with van der Waals surface area (Å²) in [5.74, 6) is -1.53. The molecule has 24 heavy (non-hydrogen) atoms. The molecule has 7 nitrogen and oxygen atoms in total. The predicted molar refractivity (Wildman–Crippen MR) is 88.1 cm³/mol. The van der Waals surface area contributed by atoms with E-state index < -0.39 is 24.4 Å². The lowest BCUT2D eigenvalue weighted by Gasteiger charge is -2.34. The van der Waals surface area contributed by atoms with Crippen molar-refractivity contribution in [1.29, 1.82) is 0 Å². The maximum absolute atomic E-state index is 12.6. The molecule has 2 unspecified atom stereocenters. The van der Waals surface area contributed by atoms with Gasteiger partial charge in [-0.2, -0.15) is 0 Å². The molecule has 1 aromatic rings. The number of aliphatic carboxylic acids is 1. The largest absolute Gasteiger partial charge is 0.481 e. The summed E-state index contributed by atoms with van der Waals surface area (Å²) in [6, 6.07) is 5.25. The minimum Gasteiger partial charge on any atom is -0.481 e. The normalized spacial score (nSPS) is 17.7. The Morgan fingerprint density at radius 1 is 1.42 bits per heavy atom. The minimum atomic E-state index is -1.13. The first-order valence-electron chi connectivity index (χ1n) is 7.91. The van der Waals surface area contributed by atoms with Gasteiger partial charge < -0.3 is 15.2 Å². The second-order valence-electron chi connectivity index (χ2n) is 5.98. The molecule has 0 saturated heterocycles. The number of rotatable bonds is 6. The van der Waals surface area contributed by atoms with Gasteiger partial charge in [0.1, 0.15) is 12.3 Å². The number of aryl methyl sites for hydroxylation is 1. The molecule has 1 aliphatic heterocycles. The molecule has 0 saturated carbocycles. The van der Waals surface area contributed by atoms with E-state index in [-0.39, 0.29) is 18.5 Å². The summed E-state index contributed by atoms with van der Waals surface area (Å²) < 4.78 is 5.55. The number of ether oxygens (including phenoxy) is 1. The molecule has 1 heterocycles. The number of hydrogen-bond donors (Lipinski definition) is 2. The van der Waals surface area contributed by atoms with Crippen LogP contribution in [0.15, 0.2) is 18.2 Å². The highest BCUT2D eigenvalue weighted by Crippen LogP contribution is 2.35. The van der Waals surface area contributed by atoms with Crippen LogP contribution in [0.1, 0.15) is 32.3 Å². The topological polar surface area (TPSA) is 95.9 Å². The summed E-state index contributed by atoms with van der Waals surface area (Å²) in [5, 5.41) is 11.8. The average Bonchev–Trinajstić information content (AvgIpc) is 2.50. The highest BCUT2D eigenvalue weighted by atomic mass is 16.5. The third-order valence-corrected chi connectivity index (χ3v) is 3.90. The van der Waals surface area contributed by atoms with Gasteiger partial charge in [0.25, 0.3) is 5.91 Å². The molecule has 0 bridgehead atoms. The van der Waals surface area contributed by atoms with E-state index in [2.05, 4.69) is 5.32 Å². The number of carboxylic acid groups (broad SMARTS) is 1. The van der Waals surface area contributed by atoms with Crippen LogP contribution in [0.4, 0.5) is 5.69 Å². The van der Waals surface area contributed by atoms with Crippen LogP contribution in [-0.2, 0) is 14.4 Å². The molecule has 130 valence electrons. The van der Waals surface area contributed by atoms with Crippen molar-refractivity contribution in [3.05, 3.63) is 23.8 Å². The predicted octanol–water partition coefficient (Wildman–Crippen LogP) is 1.48. The Morgan fingerprint density at radius 2 is 2.12 bits per heavy atom. The van der Waals surface area contributed by atoms with Crippen LogP contribution in [0.2, 0.25) is 0 Å². The van der Waals surface area contributed by atoms with Gasteiger partial charge in [-0.25, -0.2) is 0 Å². The van der Waals surface area contributed by atoms with Gasteiger partial charge in [-0.15, -0.1) is 0 Å². The first kappa shape index (κ1) is 17.8. The fraction of sp³-hybridized carbons (Fsp3) is 0.471. The number of amides is 2. The second-order valence-corrected chi connectivity index (χ2v) is 5.98. The second kappa shape index (κ2) is 7.33. The van der Waals surface area contributed by atoms with E-state index in [4.69, 9.17) is 9.84 Å². The third-order valence-electron chi connectivity index (χ3n) is 3.90. The quantitative estimate of drug-likeness (QED) is 0.821. The van der Waals surface area contributed by atoms with E-state index in [0.717, 1.165) is 12.0 Å². The zero-order valence-corrected chi connectivity index (χ0v) is 14.0. The molecule has 0 radical (unpaired) electrons. The standard InChI is InChI=1S/C17H22N2O5/c1-4-11(3)18-15(20)9-19-12-6-5-10(2)7-13(12)24-14(17(19)23)8-16(21)22/h5-7,11,14H,4,8-9H2,1-3H3,(H,18,20)(H,21,22). The van der Waals surface area contributed by atoms with Crippen molar-refractivity contribution in [1.82, 2.24) is 5.32 Å². The summed E-state index contributed by atoms with van der Waals surface area (Å²) in [6.45, 7) is 5.53. The van der Waals surface area contributed by atoms with Gasteiger partial charge in [-0.3, -0.25) is 19.3 Å². The van der Waals surface area contributed by atoms with Gasteiger partial charge in [-0.1, -0.05) is 13.0 Å². The Hall–Kier alpha value is -2.57. The summed E-state index contributed by atoms with van der Waals surface area (Å²) in [4.78, 5) is 37.0. The van der Waals surface area contributed by atoms with Gasteiger partial charge in [0.05, 0.1) is 12.1 Å². The van der Waals surface area contributed by atoms with E-state index >= 15 is 0 Å². The van der Waals surface area contributed by atoms with E-state index in [0.29, 0.717) is 11.4 Å². The SMILES string of the molecule is CCC(C)NC(=O)CN1C(=O)C(CC(=O)O)Oc2cc(C)ccc21. The molecule has 7 heteroatoms. The number of anilines is 1. The summed E-state index contributed by atoms with van der Waals surface area (Å²) in [7, 11) is 0. The molecular formula is C17H22N2O5. The van der Waals surface area contributed by atoms with E-state index in [1.165, 1.54) is 4.90 Å². The number of fused-ring (bicyclic) bond motifs is 1. The van der Waals surface area contributed by atoms with Crippen molar-refractivity contribution in [2.45, 2.75) is 45.8 Å². The van der Waals surface area contributed by atoms with Crippen molar-refractivity contribution < 1.29 is 24.2 Å². The first-order chi connectivity index (χ1) is 11.3. The van der Waals surface area contributed by atoms with Gasteiger partial charge in [0.15, 0.2) is 6.10 Å². The average molecular weight is 334 g/mol. The van der Waals surface area contributed by atoms with E-state index in [9.17, 15) is 14.4 Å². The Labute approximate surface area is 140 Å². The van der Waals surface area contributed by atoms with Crippen LogP contribution in [0, 0.1) is 6.92 Å². The number of nitrogens with one attached hydrogen (secondary N) is 1. The zero-order chi connectivity index (χ0) is 17.9. The molecule has 2 atom stereocenters.